The van der Waals surface area contributed by atoms with E-state index in [1.807, 2.05) is 51.1 Å². The number of aromatic amines is 1. The smallest absolute Gasteiger partial charge is 0.272 e. The second-order valence-electron chi connectivity index (χ2n) is 7.79. The molecule has 0 spiro atoms. The van der Waals surface area contributed by atoms with Gasteiger partial charge in [0.25, 0.3) is 11.5 Å². The summed E-state index contributed by atoms with van der Waals surface area (Å²) in [6, 6.07) is 10.5. The third-order valence-corrected chi connectivity index (χ3v) is 4.62. The molecule has 0 unspecified atom stereocenters. The molecule has 0 saturated heterocycles. The molecular formula is C20H22N4O3. The third kappa shape index (κ3) is 3.20. The van der Waals surface area contributed by atoms with Crippen molar-refractivity contribution in [1.82, 2.24) is 19.7 Å². The molecule has 1 N–H and O–H groups in total. The van der Waals surface area contributed by atoms with Crippen LogP contribution in [0.3, 0.4) is 0 Å². The number of nitrogens with one attached hydrogen (secondary N) is 1. The van der Waals surface area contributed by atoms with E-state index in [1.54, 1.807) is 4.90 Å². The van der Waals surface area contributed by atoms with Crippen molar-refractivity contribution in [2.45, 2.75) is 39.2 Å². The van der Waals surface area contributed by atoms with E-state index in [1.165, 1.54) is 10.7 Å². The Labute approximate surface area is 156 Å². The van der Waals surface area contributed by atoms with Crippen molar-refractivity contribution in [2.75, 3.05) is 6.54 Å². The van der Waals surface area contributed by atoms with Crippen LogP contribution < -0.4 is 5.56 Å². The summed E-state index contributed by atoms with van der Waals surface area (Å²) in [5.41, 5.74) is 1.31. The fourth-order valence-corrected chi connectivity index (χ4v) is 3.14. The molecule has 0 atom stereocenters. The number of carbonyl (C=O) groups excluding carboxylic acids is 1. The molecule has 0 fully saturated rings. The van der Waals surface area contributed by atoms with Crippen molar-refractivity contribution in [2.24, 2.45) is 0 Å². The van der Waals surface area contributed by atoms with Gasteiger partial charge in [0.1, 0.15) is 17.1 Å². The monoisotopic (exact) mass is 366 g/mol. The van der Waals surface area contributed by atoms with Crippen LogP contribution in [0.4, 0.5) is 0 Å². The number of hydrogen-bond acceptors (Lipinski definition) is 4. The Balaban J connectivity index is 1.58. The largest absolute Gasteiger partial charge is 0.445 e. The van der Waals surface area contributed by atoms with E-state index in [2.05, 4.69) is 10.1 Å². The number of benzene rings is 1. The van der Waals surface area contributed by atoms with Crippen molar-refractivity contribution in [3.63, 3.8) is 0 Å². The van der Waals surface area contributed by atoms with Gasteiger partial charge in [-0.1, -0.05) is 39.0 Å². The highest BCUT2D eigenvalue weighted by Gasteiger charge is 2.30. The second kappa shape index (κ2) is 6.26. The molecule has 1 amide bonds. The fraction of sp³-hybridized carbons (Fsp3) is 0.350. The first-order valence-corrected chi connectivity index (χ1v) is 8.99. The molecule has 0 saturated carbocycles. The van der Waals surface area contributed by atoms with Gasteiger partial charge >= 0.3 is 0 Å². The minimum Gasteiger partial charge on any atom is -0.445 e. The first-order chi connectivity index (χ1) is 12.8. The van der Waals surface area contributed by atoms with Crippen molar-refractivity contribution >= 4 is 5.91 Å². The molecular weight excluding hydrogens is 344 g/mol. The fourth-order valence-electron chi connectivity index (χ4n) is 3.14. The maximum Gasteiger partial charge on any atom is 0.272 e. The van der Waals surface area contributed by atoms with Crippen molar-refractivity contribution in [3.05, 3.63) is 69.8 Å². The van der Waals surface area contributed by atoms with Crippen LogP contribution >= 0.6 is 0 Å². The standard InChI is InChI=1S/C20H22N4O3/c1-20(2,3)19-21-15-12-23(10-9-16(15)27-19)18(26)14-11-17(25)24(22-14)13-7-5-4-6-8-13/h4-8,11,22H,9-10,12H2,1-3H3. The lowest BCUT2D eigenvalue weighted by Gasteiger charge is -2.24. The van der Waals surface area contributed by atoms with Gasteiger partial charge in [-0.2, -0.15) is 0 Å². The Bertz CT molecular complexity index is 1040. The summed E-state index contributed by atoms with van der Waals surface area (Å²) in [4.78, 5) is 31.4. The van der Waals surface area contributed by atoms with Crippen LogP contribution in [0.2, 0.25) is 0 Å². The Morgan fingerprint density at radius 2 is 1.96 bits per heavy atom. The van der Waals surface area contributed by atoms with E-state index in [0.29, 0.717) is 31.1 Å². The Morgan fingerprint density at radius 3 is 2.67 bits per heavy atom. The lowest BCUT2D eigenvalue weighted by Crippen LogP contribution is -2.36. The number of H-pyrrole nitrogens is 1. The predicted octanol–water partition coefficient (Wildman–Crippen LogP) is 2.65. The van der Waals surface area contributed by atoms with Gasteiger partial charge in [-0.25, -0.2) is 9.67 Å². The van der Waals surface area contributed by atoms with Crippen molar-refractivity contribution in [1.29, 1.82) is 0 Å². The zero-order valence-electron chi connectivity index (χ0n) is 15.7. The van der Waals surface area contributed by atoms with Gasteiger partial charge in [-0.05, 0) is 12.1 Å². The molecule has 7 nitrogen and oxygen atoms in total. The molecule has 0 radical (unpaired) electrons. The van der Waals surface area contributed by atoms with Gasteiger partial charge < -0.3 is 9.32 Å². The molecule has 1 aliphatic rings. The average Bonchev–Trinajstić information content (AvgIpc) is 3.24. The van der Waals surface area contributed by atoms with E-state index in [4.69, 9.17) is 4.42 Å². The van der Waals surface area contributed by atoms with Gasteiger partial charge in [0, 0.05) is 24.4 Å². The van der Waals surface area contributed by atoms with Gasteiger partial charge in [-0.15, -0.1) is 0 Å². The van der Waals surface area contributed by atoms with Gasteiger partial charge in [0.15, 0.2) is 5.89 Å². The predicted molar refractivity (Wildman–Crippen MR) is 100 cm³/mol. The molecule has 1 aliphatic heterocycles. The number of carbonyl (C=O) groups is 1. The molecule has 7 heteroatoms. The molecule has 4 rings (SSSR count). The van der Waals surface area contributed by atoms with Crippen LogP contribution in [-0.2, 0) is 18.4 Å². The number of rotatable bonds is 2. The summed E-state index contributed by atoms with van der Waals surface area (Å²) in [5, 5.41) is 2.92. The highest BCUT2D eigenvalue weighted by Crippen LogP contribution is 2.27. The molecule has 3 heterocycles. The van der Waals surface area contributed by atoms with Crippen molar-refractivity contribution < 1.29 is 9.21 Å². The summed E-state index contributed by atoms with van der Waals surface area (Å²) in [5.74, 6) is 1.32. The summed E-state index contributed by atoms with van der Waals surface area (Å²) in [6.07, 6.45) is 0.619. The van der Waals surface area contributed by atoms with Crippen LogP contribution in [0.1, 0.15) is 48.6 Å². The molecule has 27 heavy (non-hydrogen) atoms. The van der Waals surface area contributed by atoms with Crippen LogP contribution in [-0.4, -0.2) is 32.1 Å². The van der Waals surface area contributed by atoms with Gasteiger partial charge in [0.05, 0.1) is 12.2 Å². The van der Waals surface area contributed by atoms with E-state index >= 15 is 0 Å². The van der Waals surface area contributed by atoms with Crippen LogP contribution in [0.25, 0.3) is 5.69 Å². The zero-order chi connectivity index (χ0) is 19.2. The first kappa shape index (κ1) is 17.3. The third-order valence-electron chi connectivity index (χ3n) is 4.62. The summed E-state index contributed by atoms with van der Waals surface area (Å²) >= 11 is 0. The van der Waals surface area contributed by atoms with Crippen LogP contribution in [0.15, 0.2) is 45.6 Å². The molecule has 140 valence electrons. The molecule has 2 aromatic heterocycles. The lowest BCUT2D eigenvalue weighted by atomic mass is 9.97. The van der Waals surface area contributed by atoms with Crippen LogP contribution in [0, 0.1) is 0 Å². The first-order valence-electron chi connectivity index (χ1n) is 8.99. The quantitative estimate of drug-likeness (QED) is 0.756. The lowest BCUT2D eigenvalue weighted by molar-refractivity contribution is 0.0721. The topological polar surface area (TPSA) is 84.1 Å². The zero-order valence-corrected chi connectivity index (χ0v) is 15.7. The van der Waals surface area contributed by atoms with E-state index in [9.17, 15) is 9.59 Å². The maximum atomic E-state index is 12.9. The highest BCUT2D eigenvalue weighted by atomic mass is 16.4. The molecule has 3 aromatic rings. The Hall–Kier alpha value is -3.09. The summed E-state index contributed by atoms with van der Waals surface area (Å²) < 4.78 is 7.25. The molecule has 1 aromatic carbocycles. The van der Waals surface area contributed by atoms with Gasteiger partial charge in [-0.3, -0.25) is 14.7 Å². The van der Waals surface area contributed by atoms with E-state index in [0.717, 1.165) is 11.5 Å². The number of fused-ring (bicyclic) bond motifs is 1. The Kier molecular flexibility index (Phi) is 4.02. The highest BCUT2D eigenvalue weighted by molar-refractivity contribution is 5.92. The maximum absolute atomic E-state index is 12.9. The SMILES string of the molecule is CC(C)(C)c1nc2c(o1)CCN(C(=O)c1cc(=O)n(-c3ccccc3)[nH]1)C2. The normalized spacial score (nSPS) is 14.3. The number of amides is 1. The van der Waals surface area contributed by atoms with Gasteiger partial charge in [0.2, 0.25) is 0 Å². The number of oxazole rings is 1. The van der Waals surface area contributed by atoms with Crippen molar-refractivity contribution in [3.8, 4) is 5.69 Å². The number of nitrogens with zero attached hydrogens (tertiary/aromatic N) is 3. The minimum absolute atomic E-state index is 0.176. The van der Waals surface area contributed by atoms with E-state index in [-0.39, 0.29) is 22.6 Å². The molecule has 0 aliphatic carbocycles. The minimum atomic E-state index is -0.265. The summed E-state index contributed by atoms with van der Waals surface area (Å²) in [7, 11) is 0. The average molecular weight is 366 g/mol. The second-order valence-corrected chi connectivity index (χ2v) is 7.79. The van der Waals surface area contributed by atoms with Crippen LogP contribution in [0.5, 0.6) is 0 Å². The summed E-state index contributed by atoms with van der Waals surface area (Å²) in [6.45, 7) is 7.05. The Morgan fingerprint density at radius 1 is 1.22 bits per heavy atom. The molecule has 0 bridgehead atoms. The van der Waals surface area contributed by atoms with E-state index < -0.39 is 0 Å². The number of aromatic nitrogens is 3. The number of para-hydroxylation sites is 1. The number of hydrogen-bond donors (Lipinski definition) is 1.